The van der Waals surface area contributed by atoms with E-state index < -0.39 is 0 Å². The highest BCUT2D eigenvalue weighted by Gasteiger charge is 2.45. The van der Waals surface area contributed by atoms with Gasteiger partial charge in [0.2, 0.25) is 5.91 Å². The first-order valence-corrected chi connectivity index (χ1v) is 10.2. The third-order valence-corrected chi connectivity index (χ3v) is 6.53. The van der Waals surface area contributed by atoms with Crippen LogP contribution >= 0.6 is 11.3 Å². The van der Waals surface area contributed by atoms with Crippen LogP contribution in [0.2, 0.25) is 0 Å². The molecular weight excluding hydrogens is 360 g/mol. The number of benzene rings is 1. The van der Waals surface area contributed by atoms with Crippen LogP contribution in [0, 0.1) is 5.41 Å². The van der Waals surface area contributed by atoms with E-state index in [-0.39, 0.29) is 17.2 Å². The Morgan fingerprint density at radius 3 is 2.67 bits per heavy atom. The number of rotatable bonds is 4. The summed E-state index contributed by atoms with van der Waals surface area (Å²) in [5.74, 6) is 0.227. The predicted octanol–water partition coefficient (Wildman–Crippen LogP) is 2.84. The highest BCUT2D eigenvalue weighted by Crippen LogP contribution is 2.41. The minimum absolute atomic E-state index is 0.00642. The standard InChI is InChI=1S/C20H24N4O2S/c1-21-19-22-16(13-27-19)18(26)23-9-7-20(8-10-23)11-17(25)24(14-20)12-15-5-3-2-4-6-15/h2-6,13H,7-12,14H2,1H3,(H,21,22). The second kappa shape index (κ2) is 7.31. The predicted molar refractivity (Wildman–Crippen MR) is 106 cm³/mol. The zero-order chi connectivity index (χ0) is 18.9. The largest absolute Gasteiger partial charge is 0.365 e. The van der Waals surface area contributed by atoms with Gasteiger partial charge in [0, 0.05) is 50.4 Å². The van der Waals surface area contributed by atoms with Crippen LogP contribution in [0.5, 0.6) is 0 Å². The van der Waals surface area contributed by atoms with E-state index in [1.54, 1.807) is 12.4 Å². The second-order valence-electron chi connectivity index (χ2n) is 7.49. The van der Waals surface area contributed by atoms with E-state index in [9.17, 15) is 9.59 Å². The van der Waals surface area contributed by atoms with Gasteiger partial charge in [-0.05, 0) is 18.4 Å². The second-order valence-corrected chi connectivity index (χ2v) is 8.35. The summed E-state index contributed by atoms with van der Waals surface area (Å²) >= 11 is 1.44. The smallest absolute Gasteiger partial charge is 0.273 e. The number of nitrogens with one attached hydrogen (secondary N) is 1. The third kappa shape index (κ3) is 3.69. The molecule has 2 aromatic rings. The number of aromatic nitrogens is 1. The molecule has 142 valence electrons. The molecule has 7 heteroatoms. The lowest BCUT2D eigenvalue weighted by Gasteiger charge is -2.38. The van der Waals surface area contributed by atoms with E-state index in [0.29, 0.717) is 31.7 Å². The molecule has 2 aliphatic heterocycles. The van der Waals surface area contributed by atoms with Gasteiger partial charge in [-0.15, -0.1) is 11.3 Å². The Bertz CT molecular complexity index is 828. The van der Waals surface area contributed by atoms with Crippen molar-refractivity contribution >= 4 is 28.3 Å². The van der Waals surface area contributed by atoms with Gasteiger partial charge in [-0.1, -0.05) is 30.3 Å². The molecule has 0 atom stereocenters. The fraction of sp³-hybridized carbons (Fsp3) is 0.450. The lowest BCUT2D eigenvalue weighted by molar-refractivity contribution is -0.128. The van der Waals surface area contributed by atoms with Crippen LogP contribution in [0.25, 0.3) is 0 Å². The molecule has 0 unspecified atom stereocenters. The Kier molecular flexibility index (Phi) is 4.86. The summed E-state index contributed by atoms with van der Waals surface area (Å²) in [4.78, 5) is 33.4. The number of piperidine rings is 1. The van der Waals surface area contributed by atoms with E-state index in [4.69, 9.17) is 0 Å². The molecule has 1 aromatic heterocycles. The van der Waals surface area contributed by atoms with Crippen LogP contribution in [-0.4, -0.2) is 53.3 Å². The first kappa shape index (κ1) is 18.0. The molecule has 1 spiro atoms. The fourth-order valence-corrected chi connectivity index (χ4v) is 4.74. The zero-order valence-electron chi connectivity index (χ0n) is 15.5. The highest BCUT2D eigenvalue weighted by atomic mass is 32.1. The average molecular weight is 385 g/mol. The van der Waals surface area contributed by atoms with Crippen molar-refractivity contribution in [3.05, 3.63) is 47.0 Å². The van der Waals surface area contributed by atoms with Gasteiger partial charge in [0.25, 0.3) is 5.91 Å². The van der Waals surface area contributed by atoms with Crippen molar-refractivity contribution in [2.45, 2.75) is 25.8 Å². The molecule has 6 nitrogen and oxygen atoms in total. The molecule has 2 fully saturated rings. The van der Waals surface area contributed by atoms with E-state index >= 15 is 0 Å². The van der Waals surface area contributed by atoms with Crippen molar-refractivity contribution in [3.63, 3.8) is 0 Å². The minimum atomic E-state index is -0.00642. The lowest BCUT2D eigenvalue weighted by atomic mass is 9.77. The Morgan fingerprint density at radius 1 is 1.26 bits per heavy atom. The van der Waals surface area contributed by atoms with Gasteiger partial charge in [-0.2, -0.15) is 0 Å². The molecule has 2 amide bonds. The summed E-state index contributed by atoms with van der Waals surface area (Å²) in [5, 5.41) is 5.53. The zero-order valence-corrected chi connectivity index (χ0v) is 16.3. The number of nitrogens with zero attached hydrogens (tertiary/aromatic N) is 3. The van der Waals surface area contributed by atoms with Crippen LogP contribution < -0.4 is 5.32 Å². The molecule has 1 N–H and O–H groups in total. The summed E-state index contributed by atoms with van der Waals surface area (Å²) in [6, 6.07) is 10.1. The number of hydrogen-bond acceptors (Lipinski definition) is 5. The van der Waals surface area contributed by atoms with E-state index in [1.807, 2.05) is 28.0 Å². The molecule has 0 bridgehead atoms. The summed E-state index contributed by atoms with van der Waals surface area (Å²) in [7, 11) is 1.80. The Morgan fingerprint density at radius 2 is 2.00 bits per heavy atom. The topological polar surface area (TPSA) is 65.5 Å². The first-order valence-electron chi connectivity index (χ1n) is 9.33. The molecule has 3 heterocycles. The summed E-state index contributed by atoms with van der Waals surface area (Å²) < 4.78 is 0. The average Bonchev–Trinajstić information content (AvgIpc) is 3.28. The Hall–Kier alpha value is -2.41. The number of amides is 2. The monoisotopic (exact) mass is 384 g/mol. The van der Waals surface area contributed by atoms with Crippen molar-refractivity contribution in [2.24, 2.45) is 5.41 Å². The van der Waals surface area contributed by atoms with Crippen LogP contribution in [-0.2, 0) is 11.3 Å². The highest BCUT2D eigenvalue weighted by molar-refractivity contribution is 7.13. The molecule has 0 radical (unpaired) electrons. The van der Waals surface area contributed by atoms with Crippen molar-refractivity contribution in [2.75, 3.05) is 32.0 Å². The van der Waals surface area contributed by atoms with Gasteiger partial charge in [0.15, 0.2) is 5.13 Å². The van der Waals surface area contributed by atoms with Crippen molar-refractivity contribution < 1.29 is 9.59 Å². The number of hydrogen-bond donors (Lipinski definition) is 1. The van der Waals surface area contributed by atoms with E-state index in [1.165, 1.54) is 16.9 Å². The van der Waals surface area contributed by atoms with Gasteiger partial charge < -0.3 is 15.1 Å². The van der Waals surface area contributed by atoms with Gasteiger partial charge in [0.1, 0.15) is 5.69 Å². The molecule has 27 heavy (non-hydrogen) atoms. The molecule has 0 saturated carbocycles. The van der Waals surface area contributed by atoms with Crippen LogP contribution in [0.1, 0.15) is 35.3 Å². The quantitative estimate of drug-likeness (QED) is 0.880. The van der Waals surface area contributed by atoms with Gasteiger partial charge in [-0.3, -0.25) is 9.59 Å². The Labute approximate surface area is 163 Å². The summed E-state index contributed by atoms with van der Waals surface area (Å²) in [6.07, 6.45) is 2.35. The van der Waals surface area contributed by atoms with E-state index in [0.717, 1.165) is 24.5 Å². The first-order chi connectivity index (χ1) is 13.1. The molecular formula is C20H24N4O2S. The number of thiazole rings is 1. The maximum absolute atomic E-state index is 12.7. The molecule has 2 saturated heterocycles. The number of carbonyl (C=O) groups excluding carboxylic acids is 2. The summed E-state index contributed by atoms with van der Waals surface area (Å²) in [5.41, 5.74) is 1.69. The SMILES string of the molecule is CNc1nc(C(=O)N2CCC3(CC2)CC(=O)N(Cc2ccccc2)C3)cs1. The molecule has 1 aromatic carbocycles. The van der Waals surface area contributed by atoms with E-state index in [2.05, 4.69) is 22.4 Å². The Balaban J connectivity index is 1.37. The molecule has 4 rings (SSSR count). The van der Waals surface area contributed by atoms with Gasteiger partial charge >= 0.3 is 0 Å². The minimum Gasteiger partial charge on any atom is -0.365 e. The maximum Gasteiger partial charge on any atom is 0.273 e. The fourth-order valence-electron chi connectivity index (χ4n) is 4.10. The summed E-state index contributed by atoms with van der Waals surface area (Å²) in [6.45, 7) is 2.86. The molecule has 2 aliphatic rings. The van der Waals surface area contributed by atoms with Crippen molar-refractivity contribution in [1.82, 2.24) is 14.8 Å². The molecule has 0 aliphatic carbocycles. The maximum atomic E-state index is 12.7. The number of carbonyl (C=O) groups is 2. The van der Waals surface area contributed by atoms with Crippen LogP contribution in [0.4, 0.5) is 5.13 Å². The van der Waals surface area contributed by atoms with Crippen molar-refractivity contribution in [3.8, 4) is 0 Å². The van der Waals surface area contributed by atoms with Gasteiger partial charge in [0.05, 0.1) is 0 Å². The van der Waals surface area contributed by atoms with Crippen molar-refractivity contribution in [1.29, 1.82) is 0 Å². The lowest BCUT2D eigenvalue weighted by Crippen LogP contribution is -2.44. The number of anilines is 1. The van der Waals surface area contributed by atoms with Gasteiger partial charge in [-0.25, -0.2) is 4.98 Å². The third-order valence-electron chi connectivity index (χ3n) is 5.67. The number of likely N-dealkylation sites (tertiary alicyclic amines) is 2. The van der Waals surface area contributed by atoms with Crippen LogP contribution in [0.15, 0.2) is 35.7 Å². The normalized spacial score (nSPS) is 18.9. The van der Waals surface area contributed by atoms with Crippen LogP contribution in [0.3, 0.4) is 0 Å².